The van der Waals surface area contributed by atoms with Crippen molar-refractivity contribution in [3.63, 3.8) is 0 Å². The van der Waals surface area contributed by atoms with Crippen LogP contribution in [0, 0.1) is 0 Å². The van der Waals surface area contributed by atoms with Crippen LogP contribution in [-0.2, 0) is 5.41 Å². The third-order valence-corrected chi connectivity index (χ3v) is 14.4. The Hall–Kier alpha value is -9.12. The predicted octanol–water partition coefficient (Wildman–Crippen LogP) is 16.4. The van der Waals surface area contributed by atoms with E-state index in [-0.39, 0.29) is 0 Å². The minimum absolute atomic E-state index is 0.569. The molecule has 12 aromatic rings. The van der Waals surface area contributed by atoms with Crippen LogP contribution >= 0.6 is 0 Å². The number of para-hydroxylation sites is 3. The first-order valence-electron chi connectivity index (χ1n) is 23.7. The Kier molecular flexibility index (Phi) is 8.77. The van der Waals surface area contributed by atoms with E-state index in [2.05, 4.69) is 252 Å². The molecule has 0 unspecified atom stereocenters. The summed E-state index contributed by atoms with van der Waals surface area (Å²) in [5.41, 5.74) is 21.3. The number of nitrogens with zero attached hydrogens (tertiary/aromatic N) is 4. The Morgan fingerprint density at radius 3 is 1.51 bits per heavy atom. The van der Waals surface area contributed by atoms with Gasteiger partial charge in [0.2, 0.25) is 5.95 Å². The van der Waals surface area contributed by atoms with E-state index in [1.54, 1.807) is 0 Å². The van der Waals surface area contributed by atoms with Gasteiger partial charge in [0.15, 0.2) is 0 Å². The van der Waals surface area contributed by atoms with Gasteiger partial charge in [-0.15, -0.1) is 0 Å². The van der Waals surface area contributed by atoms with Crippen molar-refractivity contribution in [1.82, 2.24) is 14.5 Å². The Morgan fingerprint density at radius 2 is 0.812 bits per heavy atom. The summed E-state index contributed by atoms with van der Waals surface area (Å²) in [4.78, 5) is 13.0. The van der Waals surface area contributed by atoms with Gasteiger partial charge >= 0.3 is 0 Å². The normalized spacial score (nSPS) is 13.0. The van der Waals surface area contributed by atoms with Gasteiger partial charge in [-0.1, -0.05) is 200 Å². The maximum atomic E-state index is 5.29. The summed E-state index contributed by atoms with van der Waals surface area (Å²) in [6, 6.07) is 92.4. The predicted molar refractivity (Wildman–Crippen MR) is 284 cm³/mol. The lowest BCUT2D eigenvalue weighted by molar-refractivity contribution is 0.753. The Labute approximate surface area is 400 Å². The van der Waals surface area contributed by atoms with Gasteiger partial charge in [-0.05, 0) is 110 Å². The molecule has 1 aliphatic heterocycles. The van der Waals surface area contributed by atoms with Gasteiger partial charge in [0.05, 0.1) is 39.2 Å². The second-order valence-electron chi connectivity index (χ2n) is 18.1. The van der Waals surface area contributed by atoms with Gasteiger partial charge in [-0.25, -0.2) is 9.97 Å². The molecule has 322 valence electrons. The number of fused-ring (bicyclic) bond motifs is 12. The summed E-state index contributed by atoms with van der Waals surface area (Å²) in [6.45, 7) is 0. The summed E-state index contributed by atoms with van der Waals surface area (Å²) in [7, 11) is 0. The smallest absolute Gasteiger partial charge is 0.235 e. The molecular weight excluding hydrogens is 837 g/mol. The second-order valence-corrected chi connectivity index (χ2v) is 18.1. The van der Waals surface area contributed by atoms with E-state index in [1.807, 2.05) is 12.1 Å². The van der Waals surface area contributed by atoms with E-state index in [0.717, 1.165) is 55.6 Å². The highest BCUT2D eigenvalue weighted by molar-refractivity contribution is 6.10. The van der Waals surface area contributed by atoms with Crippen LogP contribution in [-0.4, -0.2) is 14.5 Å². The fourth-order valence-electron chi connectivity index (χ4n) is 11.4. The molecule has 0 bridgehead atoms. The fourth-order valence-corrected chi connectivity index (χ4v) is 11.4. The van der Waals surface area contributed by atoms with Crippen molar-refractivity contribution in [3.05, 3.63) is 277 Å². The highest BCUT2D eigenvalue weighted by Gasteiger charge is 2.51. The summed E-state index contributed by atoms with van der Waals surface area (Å²) >= 11 is 0. The Bertz CT molecular complexity index is 3860. The van der Waals surface area contributed by atoms with Gasteiger partial charge in [0.1, 0.15) is 0 Å². The van der Waals surface area contributed by atoms with Gasteiger partial charge in [-0.2, -0.15) is 0 Å². The number of anilines is 3. The topological polar surface area (TPSA) is 34.0 Å². The van der Waals surface area contributed by atoms with Crippen molar-refractivity contribution < 1.29 is 0 Å². The molecule has 2 aromatic heterocycles. The fraction of sp³-hybridized carbons (Fsp3) is 0.0154. The number of benzene rings is 10. The van der Waals surface area contributed by atoms with Crippen molar-refractivity contribution in [3.8, 4) is 61.8 Å². The minimum atomic E-state index is -0.569. The minimum Gasteiger partial charge on any atom is -0.310 e. The largest absolute Gasteiger partial charge is 0.310 e. The van der Waals surface area contributed by atoms with Crippen LogP contribution in [0.3, 0.4) is 0 Å². The number of aromatic nitrogens is 3. The molecule has 1 spiro atoms. The summed E-state index contributed by atoms with van der Waals surface area (Å²) in [5, 5.41) is 2.30. The lowest BCUT2D eigenvalue weighted by Crippen LogP contribution is -2.36. The number of rotatable bonds is 6. The molecule has 14 rings (SSSR count). The first-order chi connectivity index (χ1) is 34.2. The molecule has 0 atom stereocenters. The molecule has 0 saturated carbocycles. The van der Waals surface area contributed by atoms with Crippen LogP contribution in [0.1, 0.15) is 22.3 Å². The molecule has 4 heteroatoms. The van der Waals surface area contributed by atoms with E-state index < -0.39 is 5.41 Å². The zero-order valence-corrected chi connectivity index (χ0v) is 37.5. The van der Waals surface area contributed by atoms with Crippen LogP contribution in [0.2, 0.25) is 0 Å². The Balaban J connectivity index is 0.956. The van der Waals surface area contributed by atoms with Gasteiger partial charge in [0, 0.05) is 27.6 Å². The van der Waals surface area contributed by atoms with Crippen molar-refractivity contribution in [2.24, 2.45) is 0 Å². The van der Waals surface area contributed by atoms with Crippen LogP contribution in [0.4, 0.5) is 17.1 Å². The summed E-state index contributed by atoms with van der Waals surface area (Å²) in [5.74, 6) is 0.641. The molecule has 69 heavy (non-hydrogen) atoms. The van der Waals surface area contributed by atoms with Crippen molar-refractivity contribution >= 4 is 38.9 Å². The summed E-state index contributed by atoms with van der Waals surface area (Å²) < 4.78 is 2.23. The maximum Gasteiger partial charge on any atom is 0.235 e. The molecule has 3 heterocycles. The molecule has 0 fully saturated rings. The average molecular weight is 879 g/mol. The van der Waals surface area contributed by atoms with Gasteiger partial charge in [0.25, 0.3) is 0 Å². The van der Waals surface area contributed by atoms with Crippen molar-refractivity contribution in [1.29, 1.82) is 0 Å². The number of hydrogen-bond acceptors (Lipinski definition) is 3. The molecule has 0 saturated heterocycles. The van der Waals surface area contributed by atoms with Gasteiger partial charge < -0.3 is 4.90 Å². The molecule has 1 aliphatic carbocycles. The Morgan fingerprint density at radius 1 is 0.304 bits per heavy atom. The molecule has 0 radical (unpaired) electrons. The summed E-state index contributed by atoms with van der Waals surface area (Å²) in [6.07, 6.45) is 0. The zero-order valence-electron chi connectivity index (χ0n) is 37.5. The van der Waals surface area contributed by atoms with Crippen LogP contribution in [0.15, 0.2) is 255 Å². The first kappa shape index (κ1) is 39.1. The van der Waals surface area contributed by atoms with E-state index in [9.17, 15) is 0 Å². The van der Waals surface area contributed by atoms with E-state index in [4.69, 9.17) is 9.97 Å². The molecule has 4 nitrogen and oxygen atoms in total. The van der Waals surface area contributed by atoms with Crippen molar-refractivity contribution in [2.75, 3.05) is 4.90 Å². The molecule has 0 amide bonds. The standard InChI is InChI=1S/C65H42N4/c1-4-19-43(20-5-1)46-25-18-26-49(39-46)68-62-33-16-13-30-55(62)65(56-31-14-17-34-63(56)68)54-29-12-10-27-50(54)51-37-35-48(41-57(51)65)47-36-38-61-53(40-47)52-28-11-15-32-60(52)69(61)64-66-58(44-21-6-2-7-22-44)42-59(67-64)45-23-8-3-9-24-45/h1-42H. The van der Waals surface area contributed by atoms with Crippen LogP contribution in [0.5, 0.6) is 0 Å². The quantitative estimate of drug-likeness (QED) is 0.167. The third kappa shape index (κ3) is 5.95. The highest BCUT2D eigenvalue weighted by atomic mass is 15.2. The third-order valence-electron chi connectivity index (χ3n) is 14.4. The van der Waals surface area contributed by atoms with Gasteiger partial charge in [-0.3, -0.25) is 4.57 Å². The maximum absolute atomic E-state index is 5.29. The zero-order chi connectivity index (χ0) is 45.5. The molecular formula is C65H42N4. The lowest BCUT2D eigenvalue weighted by atomic mass is 9.64. The number of hydrogen-bond donors (Lipinski definition) is 0. The van der Waals surface area contributed by atoms with Crippen LogP contribution in [0.25, 0.3) is 83.6 Å². The lowest BCUT2D eigenvalue weighted by Gasteiger charge is -2.45. The second kappa shape index (κ2) is 15.5. The SMILES string of the molecule is c1ccc(-c2cccc(N3c4ccccc4C4(c5ccccc5-c5ccc(-c6ccc7c(c6)c6ccccc6n7-c6nc(-c7ccccc7)cc(-c7ccccc7)n6)cc54)c4ccccc43)c2)cc1. The monoisotopic (exact) mass is 878 g/mol. The molecule has 10 aromatic carbocycles. The van der Waals surface area contributed by atoms with E-state index in [1.165, 1.54) is 61.4 Å². The first-order valence-corrected chi connectivity index (χ1v) is 23.7. The van der Waals surface area contributed by atoms with E-state index >= 15 is 0 Å². The van der Waals surface area contributed by atoms with Crippen molar-refractivity contribution in [2.45, 2.75) is 5.41 Å². The average Bonchev–Trinajstić information content (AvgIpc) is 3.92. The molecule has 2 aliphatic rings. The van der Waals surface area contributed by atoms with E-state index in [0.29, 0.717) is 5.95 Å². The van der Waals surface area contributed by atoms with Crippen LogP contribution < -0.4 is 4.90 Å². The molecule has 0 N–H and O–H groups in total. The highest BCUT2D eigenvalue weighted by Crippen LogP contribution is 2.63.